The van der Waals surface area contributed by atoms with E-state index in [0.29, 0.717) is 6.54 Å². The summed E-state index contributed by atoms with van der Waals surface area (Å²) in [5.41, 5.74) is 7.81. The fourth-order valence-corrected chi connectivity index (χ4v) is 2.11. The van der Waals surface area contributed by atoms with Crippen molar-refractivity contribution in [3.05, 3.63) is 28.8 Å². The van der Waals surface area contributed by atoms with E-state index in [1.165, 1.54) is 5.69 Å². The van der Waals surface area contributed by atoms with E-state index >= 15 is 0 Å². The Kier molecular flexibility index (Phi) is 6.47. The van der Waals surface area contributed by atoms with E-state index in [1.807, 2.05) is 12.1 Å². The summed E-state index contributed by atoms with van der Waals surface area (Å²) < 4.78 is 0. The molecule has 0 atom stereocenters. The Hall–Kier alpha value is -0.770. The largest absolute Gasteiger partial charge is 0.370 e. The molecule has 0 unspecified atom stereocenters. The minimum Gasteiger partial charge on any atom is -0.370 e. The molecule has 0 heterocycles. The molecule has 4 heteroatoms. The van der Waals surface area contributed by atoms with Crippen LogP contribution in [-0.2, 0) is 6.54 Å². The molecule has 102 valence electrons. The predicted molar refractivity (Wildman–Crippen MR) is 80.4 cm³/mol. The zero-order valence-corrected chi connectivity index (χ0v) is 12.4. The number of anilines is 1. The second-order valence-electron chi connectivity index (χ2n) is 4.77. The Labute approximate surface area is 116 Å². The van der Waals surface area contributed by atoms with Crippen LogP contribution in [0.1, 0.15) is 18.9 Å². The van der Waals surface area contributed by atoms with Gasteiger partial charge in [0.1, 0.15) is 0 Å². The molecule has 1 rings (SSSR count). The topological polar surface area (TPSA) is 32.5 Å². The lowest BCUT2D eigenvalue weighted by Crippen LogP contribution is -2.32. The van der Waals surface area contributed by atoms with Gasteiger partial charge in [0.15, 0.2) is 0 Å². The van der Waals surface area contributed by atoms with Crippen LogP contribution in [0.3, 0.4) is 0 Å². The number of benzene rings is 1. The van der Waals surface area contributed by atoms with Gasteiger partial charge in [-0.2, -0.15) is 0 Å². The molecule has 3 nitrogen and oxygen atoms in total. The van der Waals surface area contributed by atoms with Gasteiger partial charge in [-0.15, -0.1) is 0 Å². The van der Waals surface area contributed by atoms with E-state index in [0.717, 1.165) is 36.6 Å². The molecule has 18 heavy (non-hydrogen) atoms. The van der Waals surface area contributed by atoms with Gasteiger partial charge in [-0.25, -0.2) is 0 Å². The van der Waals surface area contributed by atoms with Crippen LogP contribution < -0.4 is 10.6 Å². The summed E-state index contributed by atoms with van der Waals surface area (Å²) >= 11 is 6.22. The summed E-state index contributed by atoms with van der Waals surface area (Å²) in [5.74, 6) is 0. The number of hydrogen-bond acceptors (Lipinski definition) is 3. The molecule has 1 aromatic carbocycles. The summed E-state index contributed by atoms with van der Waals surface area (Å²) in [7, 11) is 4.18. The molecular weight excluding hydrogens is 246 g/mol. The summed E-state index contributed by atoms with van der Waals surface area (Å²) in [4.78, 5) is 4.56. The van der Waals surface area contributed by atoms with Crippen LogP contribution >= 0.6 is 11.6 Å². The van der Waals surface area contributed by atoms with E-state index in [9.17, 15) is 0 Å². The van der Waals surface area contributed by atoms with Crippen molar-refractivity contribution < 1.29 is 0 Å². The maximum Gasteiger partial charge on any atom is 0.0471 e. The molecule has 0 aliphatic heterocycles. The molecule has 0 aliphatic carbocycles. The van der Waals surface area contributed by atoms with Gasteiger partial charge in [-0.3, -0.25) is 0 Å². The number of nitrogens with zero attached hydrogens (tertiary/aromatic N) is 2. The SMILES string of the molecule is CCCN(CCN(C)C)c1ccc(CN)c(Cl)c1. The third-order valence-corrected chi connectivity index (χ3v) is 3.28. The highest BCUT2D eigenvalue weighted by Gasteiger charge is 2.08. The molecule has 0 amide bonds. The number of likely N-dealkylation sites (N-methyl/N-ethyl adjacent to an activating group) is 1. The number of hydrogen-bond donors (Lipinski definition) is 1. The minimum absolute atomic E-state index is 0.491. The second kappa shape index (κ2) is 7.62. The molecule has 0 saturated heterocycles. The summed E-state index contributed by atoms with van der Waals surface area (Å²) in [6.45, 7) is 5.78. The van der Waals surface area contributed by atoms with Crippen LogP contribution in [-0.4, -0.2) is 38.6 Å². The minimum atomic E-state index is 0.491. The smallest absolute Gasteiger partial charge is 0.0471 e. The Morgan fingerprint density at radius 2 is 1.89 bits per heavy atom. The fraction of sp³-hybridized carbons (Fsp3) is 0.571. The van der Waals surface area contributed by atoms with Crippen molar-refractivity contribution in [2.24, 2.45) is 5.73 Å². The van der Waals surface area contributed by atoms with Crippen LogP contribution in [0.5, 0.6) is 0 Å². The third-order valence-electron chi connectivity index (χ3n) is 2.93. The van der Waals surface area contributed by atoms with E-state index in [4.69, 9.17) is 17.3 Å². The lowest BCUT2D eigenvalue weighted by Gasteiger charge is -2.26. The van der Waals surface area contributed by atoms with Gasteiger partial charge in [0.05, 0.1) is 0 Å². The average Bonchev–Trinajstić information content (AvgIpc) is 2.34. The van der Waals surface area contributed by atoms with Crippen molar-refractivity contribution in [3.8, 4) is 0 Å². The van der Waals surface area contributed by atoms with Gasteiger partial charge >= 0.3 is 0 Å². The first-order valence-electron chi connectivity index (χ1n) is 6.46. The van der Waals surface area contributed by atoms with Gasteiger partial charge in [0, 0.05) is 36.9 Å². The quantitative estimate of drug-likeness (QED) is 0.826. The Bertz CT molecular complexity index is 366. The summed E-state index contributed by atoms with van der Waals surface area (Å²) in [6.07, 6.45) is 1.13. The van der Waals surface area contributed by atoms with Crippen molar-refractivity contribution in [2.75, 3.05) is 38.6 Å². The van der Waals surface area contributed by atoms with E-state index < -0.39 is 0 Å². The molecule has 0 saturated carbocycles. The van der Waals surface area contributed by atoms with Crippen LogP contribution in [0.15, 0.2) is 18.2 Å². The van der Waals surface area contributed by atoms with Gasteiger partial charge in [-0.05, 0) is 38.2 Å². The van der Waals surface area contributed by atoms with Crippen molar-refractivity contribution in [1.82, 2.24) is 4.90 Å². The lowest BCUT2D eigenvalue weighted by molar-refractivity contribution is 0.413. The van der Waals surface area contributed by atoms with Gasteiger partial charge < -0.3 is 15.5 Å². The van der Waals surface area contributed by atoms with Gasteiger partial charge in [0.2, 0.25) is 0 Å². The molecule has 2 N–H and O–H groups in total. The second-order valence-corrected chi connectivity index (χ2v) is 5.18. The van der Waals surface area contributed by atoms with Crippen LogP contribution in [0, 0.1) is 0 Å². The molecule has 0 aromatic heterocycles. The molecule has 0 fully saturated rings. The van der Waals surface area contributed by atoms with Crippen molar-refractivity contribution >= 4 is 17.3 Å². The summed E-state index contributed by atoms with van der Waals surface area (Å²) in [6, 6.07) is 6.16. The average molecular weight is 270 g/mol. The predicted octanol–water partition coefficient (Wildman–Crippen LogP) is 2.58. The van der Waals surface area contributed by atoms with Crippen LogP contribution in [0.4, 0.5) is 5.69 Å². The maximum absolute atomic E-state index is 6.22. The standard InChI is InChI=1S/C14H24ClN3/c1-4-7-18(9-8-17(2)3)13-6-5-12(11-16)14(15)10-13/h5-6,10H,4,7-9,11,16H2,1-3H3. The molecule has 0 spiro atoms. The first-order chi connectivity index (χ1) is 8.58. The number of rotatable bonds is 7. The fourth-order valence-electron chi connectivity index (χ4n) is 1.86. The highest BCUT2D eigenvalue weighted by atomic mass is 35.5. The zero-order valence-electron chi connectivity index (χ0n) is 11.6. The zero-order chi connectivity index (χ0) is 13.5. The summed E-state index contributed by atoms with van der Waals surface area (Å²) in [5, 5.41) is 0.765. The Morgan fingerprint density at radius 3 is 2.39 bits per heavy atom. The van der Waals surface area contributed by atoms with Crippen LogP contribution in [0.25, 0.3) is 0 Å². The highest BCUT2D eigenvalue weighted by Crippen LogP contribution is 2.23. The van der Waals surface area contributed by atoms with E-state index in [-0.39, 0.29) is 0 Å². The monoisotopic (exact) mass is 269 g/mol. The third kappa shape index (κ3) is 4.48. The van der Waals surface area contributed by atoms with E-state index in [2.05, 4.69) is 36.9 Å². The molecule has 0 radical (unpaired) electrons. The molecule has 1 aromatic rings. The normalized spacial score (nSPS) is 11.0. The van der Waals surface area contributed by atoms with Crippen molar-refractivity contribution in [2.45, 2.75) is 19.9 Å². The number of halogens is 1. The number of nitrogens with two attached hydrogens (primary N) is 1. The molecule has 0 aliphatic rings. The highest BCUT2D eigenvalue weighted by molar-refractivity contribution is 6.31. The first kappa shape index (κ1) is 15.3. The van der Waals surface area contributed by atoms with Crippen molar-refractivity contribution in [3.63, 3.8) is 0 Å². The first-order valence-corrected chi connectivity index (χ1v) is 6.84. The Morgan fingerprint density at radius 1 is 1.17 bits per heavy atom. The maximum atomic E-state index is 6.22. The van der Waals surface area contributed by atoms with Crippen molar-refractivity contribution in [1.29, 1.82) is 0 Å². The van der Waals surface area contributed by atoms with Gasteiger partial charge in [0.25, 0.3) is 0 Å². The van der Waals surface area contributed by atoms with Gasteiger partial charge in [-0.1, -0.05) is 24.6 Å². The lowest BCUT2D eigenvalue weighted by atomic mass is 10.2. The Balaban J connectivity index is 2.81. The van der Waals surface area contributed by atoms with Crippen LogP contribution in [0.2, 0.25) is 5.02 Å². The molecular formula is C14H24ClN3. The molecule has 0 bridgehead atoms. The van der Waals surface area contributed by atoms with E-state index in [1.54, 1.807) is 0 Å².